The van der Waals surface area contributed by atoms with Crippen LogP contribution in [0.15, 0.2) is 51.8 Å². The van der Waals surface area contributed by atoms with Gasteiger partial charge < -0.3 is 20.1 Å². The highest BCUT2D eigenvalue weighted by molar-refractivity contribution is 5.99. The highest BCUT2D eigenvalue weighted by atomic mass is 16.5. The molecular formula is C21H22N4O6. The Labute approximate surface area is 177 Å². The first-order chi connectivity index (χ1) is 15.0. The van der Waals surface area contributed by atoms with Gasteiger partial charge in [0, 0.05) is 16.8 Å². The Morgan fingerprint density at radius 2 is 1.84 bits per heavy atom. The monoisotopic (exact) mass is 426 g/mol. The van der Waals surface area contributed by atoms with Crippen molar-refractivity contribution in [1.29, 1.82) is 0 Å². The number of carbonyl (C=O) groups excluding carboxylic acids is 2. The van der Waals surface area contributed by atoms with E-state index in [1.807, 2.05) is 13.8 Å². The number of rotatable bonds is 9. The van der Waals surface area contributed by atoms with Gasteiger partial charge in [0.2, 0.25) is 5.91 Å². The van der Waals surface area contributed by atoms with Crippen LogP contribution < -0.4 is 25.9 Å². The molecule has 162 valence electrons. The van der Waals surface area contributed by atoms with E-state index in [0.717, 1.165) is 0 Å². The van der Waals surface area contributed by atoms with Crippen molar-refractivity contribution >= 4 is 17.5 Å². The summed E-state index contributed by atoms with van der Waals surface area (Å²) in [5.41, 5.74) is 1.38. The second-order valence-electron chi connectivity index (χ2n) is 6.28. The average molecular weight is 426 g/mol. The molecule has 0 saturated heterocycles. The molecule has 0 aliphatic rings. The lowest BCUT2D eigenvalue weighted by atomic mass is 10.2. The quantitative estimate of drug-likeness (QED) is 0.477. The van der Waals surface area contributed by atoms with Crippen molar-refractivity contribution in [3.63, 3.8) is 0 Å². The summed E-state index contributed by atoms with van der Waals surface area (Å²) >= 11 is 0. The molecule has 10 nitrogen and oxygen atoms in total. The van der Waals surface area contributed by atoms with Crippen LogP contribution in [0.3, 0.4) is 0 Å². The fourth-order valence-electron chi connectivity index (χ4n) is 2.76. The van der Waals surface area contributed by atoms with E-state index in [9.17, 15) is 14.4 Å². The fraction of sp³-hybridized carbons (Fsp3) is 0.238. The van der Waals surface area contributed by atoms with Gasteiger partial charge in [-0.3, -0.25) is 19.1 Å². The molecule has 0 aliphatic heterocycles. The van der Waals surface area contributed by atoms with Crippen molar-refractivity contribution in [3.05, 3.63) is 58.6 Å². The number of ether oxygens (including phenoxy) is 2. The summed E-state index contributed by atoms with van der Waals surface area (Å²) < 4.78 is 15.5. The molecule has 2 aromatic carbocycles. The molecule has 0 spiro atoms. The predicted octanol–water partition coefficient (Wildman–Crippen LogP) is 2.20. The van der Waals surface area contributed by atoms with Gasteiger partial charge in [-0.25, -0.2) is 4.79 Å². The molecule has 2 amide bonds. The van der Waals surface area contributed by atoms with Crippen molar-refractivity contribution in [1.82, 2.24) is 15.5 Å². The van der Waals surface area contributed by atoms with Gasteiger partial charge in [-0.05, 0) is 44.2 Å². The topological polar surface area (TPSA) is 136 Å². The van der Waals surface area contributed by atoms with Gasteiger partial charge in [0.15, 0.2) is 17.3 Å². The molecule has 10 heteroatoms. The van der Waals surface area contributed by atoms with Gasteiger partial charge >= 0.3 is 5.76 Å². The third-order valence-corrected chi connectivity index (χ3v) is 4.08. The van der Waals surface area contributed by atoms with Crippen LogP contribution in [0.25, 0.3) is 11.4 Å². The zero-order chi connectivity index (χ0) is 22.2. The molecule has 0 bridgehead atoms. The van der Waals surface area contributed by atoms with Crippen LogP contribution in [-0.4, -0.2) is 41.7 Å². The number of nitrogens with zero attached hydrogens (tertiary/aromatic N) is 1. The number of hydrogen-bond donors (Lipinski definition) is 3. The number of aromatic amines is 1. The maximum atomic E-state index is 12.4. The van der Waals surface area contributed by atoms with Crippen molar-refractivity contribution in [2.45, 2.75) is 13.8 Å². The van der Waals surface area contributed by atoms with E-state index in [1.165, 1.54) is 0 Å². The van der Waals surface area contributed by atoms with Crippen LogP contribution in [0, 0.1) is 0 Å². The first-order valence-electron chi connectivity index (χ1n) is 9.64. The molecule has 0 unspecified atom stereocenters. The number of nitrogens with one attached hydrogen (secondary N) is 3. The highest BCUT2D eigenvalue weighted by Crippen LogP contribution is 2.28. The van der Waals surface area contributed by atoms with Crippen LogP contribution in [-0.2, 0) is 4.79 Å². The van der Waals surface area contributed by atoms with Crippen LogP contribution in [0.2, 0.25) is 0 Å². The van der Waals surface area contributed by atoms with E-state index in [0.29, 0.717) is 41.5 Å². The van der Waals surface area contributed by atoms with Crippen LogP contribution in [0.5, 0.6) is 11.5 Å². The maximum absolute atomic E-state index is 12.4. The Bertz CT molecular complexity index is 1120. The largest absolute Gasteiger partial charge is 0.490 e. The minimum absolute atomic E-state index is 0.235. The Morgan fingerprint density at radius 3 is 2.55 bits per heavy atom. The predicted molar refractivity (Wildman–Crippen MR) is 112 cm³/mol. The molecule has 3 N–H and O–H groups in total. The van der Waals surface area contributed by atoms with Gasteiger partial charge in [0.05, 0.1) is 19.8 Å². The van der Waals surface area contributed by atoms with E-state index >= 15 is 0 Å². The number of carbonyl (C=O) groups is 2. The lowest BCUT2D eigenvalue weighted by Gasteiger charge is -2.12. The van der Waals surface area contributed by atoms with Crippen LogP contribution in [0.4, 0.5) is 5.69 Å². The van der Waals surface area contributed by atoms with Crippen LogP contribution in [0.1, 0.15) is 24.2 Å². The van der Waals surface area contributed by atoms with Crippen LogP contribution >= 0.6 is 0 Å². The molecule has 0 saturated carbocycles. The molecule has 0 atom stereocenters. The molecule has 3 rings (SSSR count). The number of H-pyrrole nitrogens is 1. The zero-order valence-electron chi connectivity index (χ0n) is 17.1. The molecule has 0 fully saturated rings. The summed E-state index contributed by atoms with van der Waals surface area (Å²) in [6.45, 7) is 4.35. The SMILES string of the molecule is CCOc1ccc(C(=O)NCC(=O)Nc2cccc(-c3noc(=O)[nH]3)c2)cc1OCC. The second-order valence-corrected chi connectivity index (χ2v) is 6.28. The van der Waals surface area contributed by atoms with Crippen molar-refractivity contribution in [2.75, 3.05) is 25.1 Å². The van der Waals surface area contributed by atoms with Gasteiger partial charge in [-0.1, -0.05) is 17.3 Å². The molecule has 1 aromatic heterocycles. The zero-order valence-corrected chi connectivity index (χ0v) is 17.1. The number of hydrogen-bond acceptors (Lipinski definition) is 7. The summed E-state index contributed by atoms with van der Waals surface area (Å²) in [5, 5.41) is 8.85. The van der Waals surface area contributed by atoms with E-state index in [1.54, 1.807) is 42.5 Å². The van der Waals surface area contributed by atoms with Crippen molar-refractivity contribution < 1.29 is 23.6 Å². The summed E-state index contributed by atoms with van der Waals surface area (Å²) in [7, 11) is 0. The molecule has 0 aliphatic carbocycles. The van der Waals surface area contributed by atoms with Gasteiger partial charge in [0.1, 0.15) is 0 Å². The van der Waals surface area contributed by atoms with Crippen molar-refractivity contribution in [2.24, 2.45) is 0 Å². The summed E-state index contributed by atoms with van der Waals surface area (Å²) in [5.74, 6) is -0.261. The van der Waals surface area contributed by atoms with E-state index in [4.69, 9.17) is 9.47 Å². The molecular weight excluding hydrogens is 404 g/mol. The lowest BCUT2D eigenvalue weighted by molar-refractivity contribution is -0.115. The van der Waals surface area contributed by atoms with E-state index < -0.39 is 17.6 Å². The number of amides is 2. The van der Waals surface area contributed by atoms with E-state index in [-0.39, 0.29) is 12.4 Å². The molecule has 1 heterocycles. The van der Waals surface area contributed by atoms with Gasteiger partial charge in [-0.15, -0.1) is 0 Å². The van der Waals surface area contributed by atoms with Gasteiger partial charge in [-0.2, -0.15) is 0 Å². The highest BCUT2D eigenvalue weighted by Gasteiger charge is 2.13. The maximum Gasteiger partial charge on any atom is 0.439 e. The number of anilines is 1. The standard InChI is InChI=1S/C21H22N4O6/c1-3-29-16-9-8-14(11-17(16)30-4-2)20(27)22-12-18(26)23-15-7-5-6-13(10-15)19-24-21(28)31-25-19/h5-11H,3-4,12H2,1-2H3,(H,22,27)(H,23,26)(H,24,25,28). The average Bonchev–Trinajstić information content (AvgIpc) is 3.20. The summed E-state index contributed by atoms with van der Waals surface area (Å²) in [4.78, 5) is 38.2. The molecule has 31 heavy (non-hydrogen) atoms. The first kappa shape index (κ1) is 21.6. The Hall–Kier alpha value is -4.08. The van der Waals surface area contributed by atoms with E-state index in [2.05, 4.69) is 25.3 Å². The smallest absolute Gasteiger partial charge is 0.439 e. The first-order valence-corrected chi connectivity index (χ1v) is 9.64. The Morgan fingerprint density at radius 1 is 1.06 bits per heavy atom. The minimum atomic E-state index is -0.672. The molecule has 3 aromatic rings. The third-order valence-electron chi connectivity index (χ3n) is 4.08. The number of benzene rings is 2. The second kappa shape index (κ2) is 10.1. The Kier molecular flexibility index (Phi) is 7.05. The fourth-order valence-corrected chi connectivity index (χ4v) is 2.76. The third kappa shape index (κ3) is 5.72. The minimum Gasteiger partial charge on any atom is -0.490 e. The summed E-state index contributed by atoms with van der Waals surface area (Å²) in [6.07, 6.45) is 0. The lowest BCUT2D eigenvalue weighted by Crippen LogP contribution is -2.32. The van der Waals surface area contributed by atoms with Crippen molar-refractivity contribution in [3.8, 4) is 22.9 Å². The Balaban J connectivity index is 1.60. The molecule has 0 radical (unpaired) electrons. The number of aromatic nitrogens is 2. The summed E-state index contributed by atoms with van der Waals surface area (Å²) in [6, 6.07) is 11.5. The normalized spacial score (nSPS) is 10.4. The van der Waals surface area contributed by atoms with Gasteiger partial charge in [0.25, 0.3) is 5.91 Å².